The van der Waals surface area contributed by atoms with E-state index in [1.54, 1.807) is 11.3 Å². The summed E-state index contributed by atoms with van der Waals surface area (Å²) in [6.45, 7) is 7.56. The standard InChI is InChI=1S/C13H20N2O2S/c1-9(2)11-14-10(8-18-11)7-15-6-4-5-13(15,3)12(16)17/h8-9H,4-7H2,1-3H3,(H,16,17). The SMILES string of the molecule is CC(C)c1nc(CN2CCCC2(C)C(=O)O)cs1. The smallest absolute Gasteiger partial charge is 0.323 e. The minimum atomic E-state index is -0.723. The van der Waals surface area contributed by atoms with E-state index in [9.17, 15) is 9.90 Å². The van der Waals surface area contributed by atoms with Crippen LogP contribution in [0.5, 0.6) is 0 Å². The molecule has 2 rings (SSSR count). The Kier molecular flexibility index (Phi) is 3.73. The van der Waals surface area contributed by atoms with E-state index in [2.05, 4.69) is 24.2 Å². The third kappa shape index (κ3) is 2.42. The molecule has 4 nitrogen and oxygen atoms in total. The molecular formula is C13H20N2O2S. The highest BCUT2D eigenvalue weighted by Crippen LogP contribution is 2.31. The quantitative estimate of drug-likeness (QED) is 0.912. The Morgan fingerprint density at radius 3 is 2.94 bits per heavy atom. The van der Waals surface area contributed by atoms with Gasteiger partial charge >= 0.3 is 5.97 Å². The Hall–Kier alpha value is -0.940. The van der Waals surface area contributed by atoms with Crippen LogP contribution in [0.25, 0.3) is 0 Å². The second-order valence-electron chi connectivity index (χ2n) is 5.44. The Morgan fingerprint density at radius 1 is 1.67 bits per heavy atom. The normalized spacial score (nSPS) is 24.9. The summed E-state index contributed by atoms with van der Waals surface area (Å²) in [7, 11) is 0. The average Bonchev–Trinajstić information content (AvgIpc) is 2.88. The van der Waals surface area contributed by atoms with Crippen LogP contribution >= 0.6 is 11.3 Å². The summed E-state index contributed by atoms with van der Waals surface area (Å²) in [5.74, 6) is -0.285. The topological polar surface area (TPSA) is 53.4 Å². The van der Waals surface area contributed by atoms with Gasteiger partial charge in [0.15, 0.2) is 0 Å². The number of nitrogens with zero attached hydrogens (tertiary/aromatic N) is 2. The van der Waals surface area contributed by atoms with Crippen LogP contribution in [0.2, 0.25) is 0 Å². The predicted octanol–water partition coefficient (Wildman–Crippen LogP) is 2.71. The van der Waals surface area contributed by atoms with Gasteiger partial charge in [0.2, 0.25) is 0 Å². The van der Waals surface area contributed by atoms with Crippen LogP contribution in [0.1, 0.15) is 50.2 Å². The van der Waals surface area contributed by atoms with Crippen molar-refractivity contribution in [1.82, 2.24) is 9.88 Å². The zero-order valence-corrected chi connectivity index (χ0v) is 12.0. The lowest BCUT2D eigenvalue weighted by molar-refractivity contribution is -0.148. The van der Waals surface area contributed by atoms with E-state index in [1.807, 2.05) is 11.8 Å². The van der Waals surface area contributed by atoms with Crippen molar-refractivity contribution in [3.05, 3.63) is 16.1 Å². The van der Waals surface area contributed by atoms with Crippen molar-refractivity contribution in [2.75, 3.05) is 6.54 Å². The number of carboxylic acid groups (broad SMARTS) is 1. The van der Waals surface area contributed by atoms with Crippen molar-refractivity contribution < 1.29 is 9.90 Å². The molecule has 18 heavy (non-hydrogen) atoms. The molecule has 1 aliphatic rings. The van der Waals surface area contributed by atoms with Crippen LogP contribution in [0, 0.1) is 0 Å². The molecule has 5 heteroatoms. The van der Waals surface area contributed by atoms with Gasteiger partial charge in [-0.15, -0.1) is 11.3 Å². The van der Waals surface area contributed by atoms with Gasteiger partial charge in [0.25, 0.3) is 0 Å². The van der Waals surface area contributed by atoms with E-state index >= 15 is 0 Å². The molecule has 0 bridgehead atoms. The van der Waals surface area contributed by atoms with E-state index in [4.69, 9.17) is 0 Å². The van der Waals surface area contributed by atoms with E-state index in [0.29, 0.717) is 12.5 Å². The summed E-state index contributed by atoms with van der Waals surface area (Å²) in [4.78, 5) is 18.0. The van der Waals surface area contributed by atoms with Gasteiger partial charge in [-0.3, -0.25) is 9.69 Å². The molecule has 1 aromatic heterocycles. The highest BCUT2D eigenvalue weighted by molar-refractivity contribution is 7.09. The van der Waals surface area contributed by atoms with Gasteiger partial charge in [-0.2, -0.15) is 0 Å². The van der Waals surface area contributed by atoms with Gasteiger partial charge in [-0.05, 0) is 26.3 Å². The summed E-state index contributed by atoms with van der Waals surface area (Å²) in [6, 6.07) is 0. The first-order valence-electron chi connectivity index (χ1n) is 6.36. The summed E-state index contributed by atoms with van der Waals surface area (Å²) in [5, 5.41) is 12.5. The van der Waals surface area contributed by atoms with E-state index in [1.165, 1.54) is 0 Å². The van der Waals surface area contributed by atoms with Gasteiger partial charge in [0, 0.05) is 17.8 Å². The fourth-order valence-corrected chi connectivity index (χ4v) is 3.20. The lowest BCUT2D eigenvalue weighted by atomic mass is 9.99. The Balaban J connectivity index is 2.10. The fourth-order valence-electron chi connectivity index (χ4n) is 2.37. The van der Waals surface area contributed by atoms with Gasteiger partial charge < -0.3 is 5.11 Å². The molecule has 0 aromatic carbocycles. The Bertz CT molecular complexity index is 444. The lowest BCUT2D eigenvalue weighted by Crippen LogP contribution is -2.47. The van der Waals surface area contributed by atoms with E-state index in [-0.39, 0.29) is 0 Å². The number of aromatic nitrogens is 1. The number of thiazole rings is 1. The zero-order valence-electron chi connectivity index (χ0n) is 11.1. The third-order valence-corrected chi connectivity index (χ3v) is 4.86. The molecule has 2 heterocycles. The second-order valence-corrected chi connectivity index (χ2v) is 6.33. The molecule has 1 aromatic rings. The number of likely N-dealkylation sites (tertiary alicyclic amines) is 1. The summed E-state index contributed by atoms with van der Waals surface area (Å²) in [5.41, 5.74) is 0.278. The summed E-state index contributed by atoms with van der Waals surface area (Å²) < 4.78 is 0. The number of carboxylic acids is 1. The van der Waals surface area contributed by atoms with Crippen molar-refractivity contribution in [2.24, 2.45) is 0 Å². The van der Waals surface area contributed by atoms with Crippen LogP contribution in [-0.2, 0) is 11.3 Å². The maximum absolute atomic E-state index is 11.4. The number of hydrogen-bond donors (Lipinski definition) is 1. The predicted molar refractivity (Wildman–Crippen MR) is 71.9 cm³/mol. The van der Waals surface area contributed by atoms with Crippen molar-refractivity contribution in [3.8, 4) is 0 Å². The highest BCUT2D eigenvalue weighted by Gasteiger charge is 2.43. The number of carbonyl (C=O) groups is 1. The molecule has 1 aliphatic heterocycles. The molecular weight excluding hydrogens is 248 g/mol. The first-order chi connectivity index (χ1) is 8.43. The maximum atomic E-state index is 11.4. The first-order valence-corrected chi connectivity index (χ1v) is 7.24. The molecule has 100 valence electrons. The van der Waals surface area contributed by atoms with Crippen LogP contribution in [0.3, 0.4) is 0 Å². The largest absolute Gasteiger partial charge is 0.480 e. The number of hydrogen-bond acceptors (Lipinski definition) is 4. The second kappa shape index (κ2) is 4.97. The van der Waals surface area contributed by atoms with Crippen LogP contribution in [0.4, 0.5) is 0 Å². The Labute approximate surface area is 112 Å². The summed E-state index contributed by atoms with van der Waals surface area (Å²) >= 11 is 1.66. The minimum Gasteiger partial charge on any atom is -0.480 e. The molecule has 1 unspecified atom stereocenters. The van der Waals surface area contributed by atoms with E-state index < -0.39 is 11.5 Å². The molecule has 0 spiro atoms. The van der Waals surface area contributed by atoms with Crippen molar-refractivity contribution in [2.45, 2.75) is 51.6 Å². The van der Waals surface area contributed by atoms with E-state index in [0.717, 1.165) is 30.1 Å². The van der Waals surface area contributed by atoms with Gasteiger partial charge in [0.1, 0.15) is 5.54 Å². The highest BCUT2D eigenvalue weighted by atomic mass is 32.1. The van der Waals surface area contributed by atoms with Gasteiger partial charge in [-0.25, -0.2) is 4.98 Å². The molecule has 1 N–H and O–H groups in total. The monoisotopic (exact) mass is 268 g/mol. The molecule has 1 fully saturated rings. The molecule has 0 aliphatic carbocycles. The zero-order chi connectivity index (χ0) is 13.3. The van der Waals surface area contributed by atoms with Crippen LogP contribution in [-0.4, -0.2) is 33.0 Å². The third-order valence-electron chi connectivity index (χ3n) is 3.67. The fraction of sp³-hybridized carbons (Fsp3) is 0.692. The molecule has 0 amide bonds. The Morgan fingerprint density at radius 2 is 2.39 bits per heavy atom. The van der Waals surface area contributed by atoms with Crippen molar-refractivity contribution >= 4 is 17.3 Å². The number of aliphatic carboxylic acids is 1. The minimum absolute atomic E-state index is 0.438. The molecule has 0 saturated carbocycles. The molecule has 0 radical (unpaired) electrons. The maximum Gasteiger partial charge on any atom is 0.323 e. The first kappa shape index (κ1) is 13.5. The van der Waals surface area contributed by atoms with Gasteiger partial charge in [-0.1, -0.05) is 13.8 Å². The van der Waals surface area contributed by atoms with Crippen molar-refractivity contribution in [1.29, 1.82) is 0 Å². The van der Waals surface area contributed by atoms with Crippen LogP contribution in [0.15, 0.2) is 5.38 Å². The van der Waals surface area contributed by atoms with Crippen LogP contribution < -0.4 is 0 Å². The average molecular weight is 268 g/mol. The molecule has 1 atom stereocenters. The van der Waals surface area contributed by atoms with Crippen molar-refractivity contribution in [3.63, 3.8) is 0 Å². The number of rotatable bonds is 4. The summed E-state index contributed by atoms with van der Waals surface area (Å²) in [6.07, 6.45) is 1.67. The lowest BCUT2D eigenvalue weighted by Gasteiger charge is -2.30. The molecule has 1 saturated heterocycles. The van der Waals surface area contributed by atoms with Gasteiger partial charge in [0.05, 0.1) is 10.7 Å².